The number of ether oxygens (including phenoxy) is 1. The number of nitrogens with one attached hydrogen (secondary N) is 3. The van der Waals surface area contributed by atoms with Crippen LogP contribution in [0.15, 0.2) is 45.4 Å². The largest absolute Gasteiger partial charge is 0.494 e. The van der Waals surface area contributed by atoms with Crippen molar-refractivity contribution in [2.75, 3.05) is 13.7 Å². The molecule has 3 N–H and O–H groups in total. The second-order valence-electron chi connectivity index (χ2n) is 8.24. The first kappa shape index (κ1) is 23.7. The molecule has 0 radical (unpaired) electrons. The smallest absolute Gasteiger partial charge is 0.261 e. The van der Waals surface area contributed by atoms with Crippen LogP contribution in [0.2, 0.25) is 0 Å². The molecule has 2 aromatic rings. The third-order valence-electron chi connectivity index (χ3n) is 5.79. The summed E-state index contributed by atoms with van der Waals surface area (Å²) in [5.74, 6) is -0.220. The zero-order valence-electron chi connectivity index (χ0n) is 18.4. The van der Waals surface area contributed by atoms with Gasteiger partial charge in [-0.2, -0.15) is 0 Å². The first-order valence-corrected chi connectivity index (χ1v) is 12.1. The fourth-order valence-electron chi connectivity index (χ4n) is 3.81. The number of amides is 1. The molecule has 1 amide bonds. The Balaban J connectivity index is 1.67. The summed E-state index contributed by atoms with van der Waals surface area (Å²) in [6.45, 7) is 4.32. The Morgan fingerprint density at radius 2 is 2.16 bits per heavy atom. The molecule has 1 aliphatic rings. The van der Waals surface area contributed by atoms with Gasteiger partial charge in [-0.3, -0.25) is 9.59 Å². The van der Waals surface area contributed by atoms with E-state index < -0.39 is 27.0 Å². The zero-order valence-corrected chi connectivity index (χ0v) is 19.2. The molecule has 9 heteroatoms. The van der Waals surface area contributed by atoms with E-state index in [4.69, 9.17) is 9.52 Å². The maximum Gasteiger partial charge on any atom is 0.261 e. The summed E-state index contributed by atoms with van der Waals surface area (Å²) in [5.41, 5.74) is 1.48. The zero-order chi connectivity index (χ0) is 23.5. The molecule has 32 heavy (non-hydrogen) atoms. The van der Waals surface area contributed by atoms with Gasteiger partial charge in [0, 0.05) is 17.6 Å². The van der Waals surface area contributed by atoms with Crippen molar-refractivity contribution in [2.24, 2.45) is 11.8 Å². The van der Waals surface area contributed by atoms with Gasteiger partial charge in [-0.05, 0) is 60.9 Å². The molecule has 1 aromatic heterocycles. The second-order valence-corrected chi connectivity index (χ2v) is 10.2. The van der Waals surface area contributed by atoms with Gasteiger partial charge in [-0.25, -0.2) is 13.4 Å². The SMILES string of the molecule is COc1ccc(S(=N)(=O)/C=C/CNC(=O)c2cc3c([nH]c2=O)CCC(C(C)C)C3)cc1F. The average molecular weight is 462 g/mol. The van der Waals surface area contributed by atoms with Crippen LogP contribution >= 0.6 is 0 Å². The number of aromatic nitrogens is 1. The van der Waals surface area contributed by atoms with E-state index in [0.29, 0.717) is 11.8 Å². The molecule has 2 unspecified atom stereocenters. The van der Waals surface area contributed by atoms with Crippen LogP contribution in [0.5, 0.6) is 5.75 Å². The van der Waals surface area contributed by atoms with E-state index in [9.17, 15) is 18.2 Å². The Hall–Kier alpha value is -2.94. The number of fused-ring (bicyclic) bond motifs is 1. The first-order valence-electron chi connectivity index (χ1n) is 10.4. The van der Waals surface area contributed by atoms with E-state index in [1.165, 1.54) is 25.3 Å². The van der Waals surface area contributed by atoms with Gasteiger partial charge in [-0.1, -0.05) is 19.9 Å². The van der Waals surface area contributed by atoms with E-state index in [1.807, 2.05) is 0 Å². The Morgan fingerprint density at radius 3 is 2.81 bits per heavy atom. The third kappa shape index (κ3) is 5.27. The molecule has 0 aliphatic heterocycles. The number of aryl methyl sites for hydroxylation is 1. The minimum Gasteiger partial charge on any atom is -0.494 e. The third-order valence-corrected chi connectivity index (χ3v) is 7.32. The summed E-state index contributed by atoms with van der Waals surface area (Å²) in [4.78, 5) is 27.7. The van der Waals surface area contributed by atoms with Gasteiger partial charge in [0.1, 0.15) is 5.56 Å². The van der Waals surface area contributed by atoms with Crippen molar-refractivity contribution in [1.82, 2.24) is 10.3 Å². The number of hydrogen-bond acceptors (Lipinski definition) is 5. The lowest BCUT2D eigenvalue weighted by Crippen LogP contribution is -2.32. The molecule has 1 aromatic carbocycles. The standard InChI is InChI=1S/C23H28FN3O4S/c1-14(2)15-5-7-20-16(11-15)12-18(23(29)27-20)22(28)26-9-4-10-32(25,30)17-6-8-21(31-3)19(24)13-17/h4,6,8,10,12-15,25H,5,7,9,11H2,1-3H3,(H,26,28)(H,27,29)/b10-4+. The van der Waals surface area contributed by atoms with Crippen molar-refractivity contribution in [2.45, 2.75) is 38.0 Å². The quantitative estimate of drug-likeness (QED) is 0.584. The number of pyridine rings is 1. The van der Waals surface area contributed by atoms with Crippen LogP contribution in [0.4, 0.5) is 4.39 Å². The number of hydrogen-bond donors (Lipinski definition) is 3. The normalized spacial score (nSPS) is 17.7. The minimum absolute atomic E-state index is 0.00446. The highest BCUT2D eigenvalue weighted by Crippen LogP contribution is 2.29. The summed E-state index contributed by atoms with van der Waals surface area (Å²) >= 11 is 0. The van der Waals surface area contributed by atoms with Crippen LogP contribution in [0.25, 0.3) is 0 Å². The van der Waals surface area contributed by atoms with Crippen LogP contribution in [0.3, 0.4) is 0 Å². The highest BCUT2D eigenvalue weighted by molar-refractivity contribution is 7.95. The Kier molecular flexibility index (Phi) is 7.18. The lowest BCUT2D eigenvalue weighted by molar-refractivity contribution is 0.0956. The first-order chi connectivity index (χ1) is 15.1. The van der Waals surface area contributed by atoms with Crippen molar-refractivity contribution in [3.63, 3.8) is 0 Å². The Labute approximate surface area is 187 Å². The van der Waals surface area contributed by atoms with E-state index in [0.717, 1.165) is 42.0 Å². The lowest BCUT2D eigenvalue weighted by atomic mass is 9.80. The number of carbonyl (C=O) groups excluding carboxylic acids is 1. The topological polar surface area (TPSA) is 112 Å². The van der Waals surface area contributed by atoms with Crippen molar-refractivity contribution in [3.8, 4) is 5.75 Å². The molecule has 0 saturated carbocycles. The summed E-state index contributed by atoms with van der Waals surface area (Å²) in [7, 11) is -2.09. The molecule has 0 spiro atoms. The minimum atomic E-state index is -3.40. The van der Waals surface area contributed by atoms with Gasteiger partial charge in [-0.15, -0.1) is 0 Å². The van der Waals surface area contributed by atoms with Gasteiger partial charge in [0.25, 0.3) is 11.5 Å². The molecule has 1 heterocycles. The van der Waals surface area contributed by atoms with Gasteiger partial charge in [0.15, 0.2) is 11.6 Å². The highest BCUT2D eigenvalue weighted by Gasteiger charge is 2.24. The summed E-state index contributed by atoms with van der Waals surface area (Å²) in [6.07, 6.45) is 3.99. The molecule has 7 nitrogen and oxygen atoms in total. The predicted octanol–water partition coefficient (Wildman–Crippen LogP) is 3.63. The Bertz CT molecular complexity index is 1200. The molecule has 2 atom stereocenters. The number of rotatable bonds is 7. The van der Waals surface area contributed by atoms with E-state index in [2.05, 4.69) is 24.1 Å². The average Bonchev–Trinajstić information content (AvgIpc) is 2.75. The van der Waals surface area contributed by atoms with Gasteiger partial charge in [0.2, 0.25) is 0 Å². The summed E-state index contributed by atoms with van der Waals surface area (Å²) < 4.78 is 39.2. The van der Waals surface area contributed by atoms with Crippen molar-refractivity contribution in [3.05, 3.63) is 68.7 Å². The number of methoxy groups -OCH3 is 1. The Morgan fingerprint density at radius 1 is 1.41 bits per heavy atom. The number of H-pyrrole nitrogens is 1. The van der Waals surface area contributed by atoms with Crippen LogP contribution < -0.4 is 15.6 Å². The molecule has 0 bridgehead atoms. The maximum absolute atomic E-state index is 13.8. The molecular formula is C23H28FN3O4S. The molecular weight excluding hydrogens is 433 g/mol. The lowest BCUT2D eigenvalue weighted by Gasteiger charge is -2.27. The van der Waals surface area contributed by atoms with Crippen molar-refractivity contribution < 1.29 is 18.1 Å². The summed E-state index contributed by atoms with van der Waals surface area (Å²) in [5, 5.41) is 3.70. The van der Waals surface area contributed by atoms with E-state index in [-0.39, 0.29) is 22.8 Å². The second kappa shape index (κ2) is 9.68. The van der Waals surface area contributed by atoms with Crippen molar-refractivity contribution in [1.29, 1.82) is 4.78 Å². The maximum atomic E-state index is 13.8. The van der Waals surface area contributed by atoms with Gasteiger partial charge in [0.05, 0.1) is 21.7 Å². The number of benzene rings is 1. The fourth-order valence-corrected chi connectivity index (χ4v) is 4.89. The molecule has 3 rings (SSSR count). The highest BCUT2D eigenvalue weighted by atomic mass is 32.2. The predicted molar refractivity (Wildman–Crippen MR) is 121 cm³/mol. The number of halogens is 1. The van der Waals surface area contributed by atoms with E-state index in [1.54, 1.807) is 6.07 Å². The van der Waals surface area contributed by atoms with Crippen molar-refractivity contribution >= 4 is 15.6 Å². The molecule has 172 valence electrons. The van der Waals surface area contributed by atoms with Crippen LogP contribution in [-0.4, -0.2) is 28.8 Å². The van der Waals surface area contributed by atoms with Crippen LogP contribution in [0.1, 0.15) is 41.9 Å². The monoisotopic (exact) mass is 461 g/mol. The number of aromatic amines is 1. The van der Waals surface area contributed by atoms with Gasteiger partial charge < -0.3 is 15.0 Å². The van der Waals surface area contributed by atoms with Gasteiger partial charge >= 0.3 is 0 Å². The fraction of sp³-hybridized carbons (Fsp3) is 0.391. The van der Waals surface area contributed by atoms with Crippen LogP contribution in [-0.2, 0) is 22.6 Å². The molecule has 0 saturated heterocycles. The van der Waals surface area contributed by atoms with Crippen LogP contribution in [0, 0.1) is 22.4 Å². The molecule has 0 fully saturated rings. The van der Waals surface area contributed by atoms with E-state index >= 15 is 0 Å². The number of carbonyl (C=O) groups is 1. The molecule has 1 aliphatic carbocycles. The summed E-state index contributed by atoms with van der Waals surface area (Å²) in [6, 6.07) is 5.32.